The number of para-hydroxylation sites is 2. The Morgan fingerprint density at radius 2 is 1.87 bits per heavy atom. The van der Waals surface area contributed by atoms with Crippen LogP contribution in [0.3, 0.4) is 0 Å². The fraction of sp³-hybridized carbons (Fsp3) is 0.529. The van der Waals surface area contributed by atoms with Gasteiger partial charge in [0, 0.05) is 19.6 Å². The number of carbonyl (C=O) groups excluding carboxylic acids is 2. The lowest BCUT2D eigenvalue weighted by Gasteiger charge is -2.30. The van der Waals surface area contributed by atoms with E-state index in [1.54, 1.807) is 0 Å². The van der Waals surface area contributed by atoms with Crippen LogP contribution in [0.4, 0.5) is 11.4 Å². The summed E-state index contributed by atoms with van der Waals surface area (Å²) in [6, 6.07) is 7.51. The van der Waals surface area contributed by atoms with Crippen LogP contribution in [0.15, 0.2) is 24.3 Å². The molecule has 0 unspecified atom stereocenters. The minimum Gasteiger partial charge on any atom is -0.378 e. The normalized spacial score (nSPS) is 14.7. The van der Waals surface area contributed by atoms with E-state index in [9.17, 15) is 9.59 Å². The van der Waals surface area contributed by atoms with Crippen molar-refractivity contribution in [2.45, 2.75) is 20.3 Å². The second-order valence-corrected chi connectivity index (χ2v) is 6.01. The van der Waals surface area contributed by atoms with E-state index in [1.807, 2.05) is 24.3 Å². The van der Waals surface area contributed by atoms with Gasteiger partial charge in [0.15, 0.2) is 0 Å². The summed E-state index contributed by atoms with van der Waals surface area (Å²) in [5.74, 6) is -0.739. The first-order chi connectivity index (χ1) is 11.1. The van der Waals surface area contributed by atoms with Gasteiger partial charge >= 0.3 is 11.8 Å². The van der Waals surface area contributed by atoms with Gasteiger partial charge in [-0.2, -0.15) is 0 Å². The molecular weight excluding hydrogens is 294 g/mol. The maximum atomic E-state index is 12.1. The van der Waals surface area contributed by atoms with Crippen LogP contribution in [0.2, 0.25) is 0 Å². The molecule has 1 saturated heterocycles. The highest BCUT2D eigenvalue weighted by atomic mass is 16.5. The standard InChI is InChI=1S/C17H25N3O3/c1-13(2)7-8-18-16(21)17(22)19-14-5-3-4-6-15(14)20-9-11-23-12-10-20/h3-6,13H,7-12H2,1-2H3,(H,18,21)(H,19,22). The fourth-order valence-electron chi connectivity index (χ4n) is 2.39. The Labute approximate surface area is 137 Å². The molecule has 0 saturated carbocycles. The molecule has 1 aromatic carbocycles. The number of anilines is 2. The highest BCUT2D eigenvalue weighted by Gasteiger charge is 2.18. The monoisotopic (exact) mass is 319 g/mol. The van der Waals surface area contributed by atoms with Crippen molar-refractivity contribution in [1.29, 1.82) is 0 Å². The summed E-state index contributed by atoms with van der Waals surface area (Å²) in [6.07, 6.45) is 0.851. The maximum absolute atomic E-state index is 12.1. The van der Waals surface area contributed by atoms with E-state index in [0.29, 0.717) is 31.4 Å². The zero-order valence-corrected chi connectivity index (χ0v) is 13.8. The van der Waals surface area contributed by atoms with Crippen LogP contribution < -0.4 is 15.5 Å². The van der Waals surface area contributed by atoms with E-state index in [2.05, 4.69) is 29.4 Å². The molecule has 6 nitrogen and oxygen atoms in total. The lowest BCUT2D eigenvalue weighted by molar-refractivity contribution is -0.136. The number of ether oxygens (including phenoxy) is 1. The summed E-state index contributed by atoms with van der Waals surface area (Å²) in [6.45, 7) is 7.53. The van der Waals surface area contributed by atoms with Gasteiger partial charge in [-0.1, -0.05) is 26.0 Å². The van der Waals surface area contributed by atoms with Crippen molar-refractivity contribution in [1.82, 2.24) is 5.32 Å². The third-order valence-electron chi connectivity index (χ3n) is 3.72. The fourth-order valence-corrected chi connectivity index (χ4v) is 2.39. The van der Waals surface area contributed by atoms with Crippen LogP contribution in [0.25, 0.3) is 0 Å². The minimum absolute atomic E-state index is 0.486. The Morgan fingerprint density at radius 3 is 2.57 bits per heavy atom. The van der Waals surface area contributed by atoms with Gasteiger partial charge in [0.1, 0.15) is 0 Å². The predicted octanol–water partition coefficient (Wildman–Crippen LogP) is 1.62. The Morgan fingerprint density at radius 1 is 1.17 bits per heavy atom. The van der Waals surface area contributed by atoms with Crippen LogP contribution in [0.5, 0.6) is 0 Å². The van der Waals surface area contributed by atoms with Crippen molar-refractivity contribution in [2.75, 3.05) is 43.1 Å². The predicted molar refractivity (Wildman–Crippen MR) is 90.6 cm³/mol. The molecule has 2 N–H and O–H groups in total. The number of hydrogen-bond donors (Lipinski definition) is 2. The summed E-state index contributed by atoms with van der Waals surface area (Å²) in [7, 11) is 0. The smallest absolute Gasteiger partial charge is 0.313 e. The highest BCUT2D eigenvalue weighted by molar-refractivity contribution is 6.39. The number of carbonyl (C=O) groups is 2. The zero-order chi connectivity index (χ0) is 16.7. The zero-order valence-electron chi connectivity index (χ0n) is 13.8. The molecule has 1 aliphatic rings. The van der Waals surface area contributed by atoms with Crippen LogP contribution in [0, 0.1) is 5.92 Å². The van der Waals surface area contributed by atoms with Gasteiger partial charge in [-0.25, -0.2) is 0 Å². The first kappa shape index (κ1) is 17.3. The quantitative estimate of drug-likeness (QED) is 0.809. The Hall–Kier alpha value is -2.08. The highest BCUT2D eigenvalue weighted by Crippen LogP contribution is 2.26. The maximum Gasteiger partial charge on any atom is 0.313 e. The van der Waals surface area contributed by atoms with Gasteiger partial charge in [-0.05, 0) is 24.5 Å². The number of amides is 2. The molecule has 126 valence electrons. The minimum atomic E-state index is -0.630. The van der Waals surface area contributed by atoms with E-state index in [-0.39, 0.29) is 0 Å². The molecule has 0 aromatic heterocycles. The van der Waals surface area contributed by atoms with Crippen molar-refractivity contribution < 1.29 is 14.3 Å². The van der Waals surface area contributed by atoms with Crippen molar-refractivity contribution in [3.05, 3.63) is 24.3 Å². The largest absolute Gasteiger partial charge is 0.378 e. The lowest BCUT2D eigenvalue weighted by Crippen LogP contribution is -2.38. The van der Waals surface area contributed by atoms with Gasteiger partial charge in [-0.15, -0.1) is 0 Å². The number of rotatable bonds is 5. The van der Waals surface area contributed by atoms with Gasteiger partial charge in [0.05, 0.1) is 24.6 Å². The Bertz CT molecular complexity index is 540. The summed E-state index contributed by atoms with van der Waals surface area (Å²) in [5.41, 5.74) is 1.57. The number of benzene rings is 1. The van der Waals surface area contributed by atoms with Crippen molar-refractivity contribution in [3.8, 4) is 0 Å². The van der Waals surface area contributed by atoms with Crippen LogP contribution in [-0.2, 0) is 14.3 Å². The number of nitrogens with zero attached hydrogens (tertiary/aromatic N) is 1. The third-order valence-corrected chi connectivity index (χ3v) is 3.72. The molecule has 1 aromatic rings. The lowest BCUT2D eigenvalue weighted by atomic mass is 10.1. The molecule has 0 radical (unpaired) electrons. The SMILES string of the molecule is CC(C)CCNC(=O)C(=O)Nc1ccccc1N1CCOCC1. The topological polar surface area (TPSA) is 70.7 Å². The Kier molecular flexibility index (Phi) is 6.40. The van der Waals surface area contributed by atoms with Crippen molar-refractivity contribution >= 4 is 23.2 Å². The molecule has 2 rings (SSSR count). The Balaban J connectivity index is 1.96. The molecule has 1 aliphatic heterocycles. The summed E-state index contributed by atoms with van der Waals surface area (Å²) < 4.78 is 5.35. The van der Waals surface area contributed by atoms with Crippen molar-refractivity contribution in [2.24, 2.45) is 5.92 Å². The molecule has 1 heterocycles. The summed E-state index contributed by atoms with van der Waals surface area (Å²) >= 11 is 0. The molecule has 0 bridgehead atoms. The average Bonchev–Trinajstić information content (AvgIpc) is 2.55. The molecule has 23 heavy (non-hydrogen) atoms. The molecule has 0 atom stereocenters. The summed E-state index contributed by atoms with van der Waals surface area (Å²) in [5, 5.41) is 5.36. The second-order valence-electron chi connectivity index (χ2n) is 6.01. The molecular formula is C17H25N3O3. The number of hydrogen-bond acceptors (Lipinski definition) is 4. The van der Waals surface area contributed by atoms with E-state index in [4.69, 9.17) is 4.74 Å². The van der Waals surface area contributed by atoms with Crippen molar-refractivity contribution in [3.63, 3.8) is 0 Å². The summed E-state index contributed by atoms with van der Waals surface area (Å²) in [4.78, 5) is 26.1. The third kappa shape index (κ3) is 5.25. The second kappa shape index (κ2) is 8.53. The van der Waals surface area contributed by atoms with Crippen LogP contribution in [0.1, 0.15) is 20.3 Å². The first-order valence-electron chi connectivity index (χ1n) is 8.09. The molecule has 2 amide bonds. The molecule has 0 spiro atoms. The number of nitrogens with one attached hydrogen (secondary N) is 2. The van der Waals surface area contributed by atoms with Gasteiger partial charge < -0.3 is 20.3 Å². The number of morpholine rings is 1. The van der Waals surface area contributed by atoms with Gasteiger partial charge in [0.2, 0.25) is 0 Å². The van der Waals surface area contributed by atoms with E-state index in [1.165, 1.54) is 0 Å². The van der Waals surface area contributed by atoms with Gasteiger partial charge in [0.25, 0.3) is 0 Å². The van der Waals surface area contributed by atoms with E-state index >= 15 is 0 Å². The first-order valence-corrected chi connectivity index (χ1v) is 8.09. The van der Waals surface area contributed by atoms with Gasteiger partial charge in [-0.3, -0.25) is 9.59 Å². The average molecular weight is 319 g/mol. The molecule has 0 aliphatic carbocycles. The van der Waals surface area contributed by atoms with Crippen LogP contribution >= 0.6 is 0 Å². The van der Waals surface area contributed by atoms with Crippen LogP contribution in [-0.4, -0.2) is 44.7 Å². The van der Waals surface area contributed by atoms with E-state index < -0.39 is 11.8 Å². The molecule has 1 fully saturated rings. The molecule has 6 heteroatoms. The van der Waals surface area contributed by atoms with E-state index in [0.717, 1.165) is 25.2 Å².